The molecule has 4 unspecified atom stereocenters. The zero-order valence-electron chi connectivity index (χ0n) is 18.9. The van der Waals surface area contributed by atoms with E-state index in [1.165, 1.54) is 51.0 Å². The molecule has 3 fully saturated rings. The SMILES string of the molecule is CCC1CCC2CC(C3CCC(C(=O)Oc4ccc(OC(F)F)c(F)c4)CC3)CCC2C1. The third-order valence-electron chi connectivity index (χ3n) is 8.45. The number of rotatable bonds is 6. The highest BCUT2D eigenvalue weighted by Gasteiger charge is 2.39. The molecule has 6 heteroatoms. The molecule has 3 aliphatic carbocycles. The highest BCUT2D eigenvalue weighted by atomic mass is 19.3. The average Bonchev–Trinajstić information content (AvgIpc) is 2.80. The normalized spacial score (nSPS) is 32.9. The first-order valence-corrected chi connectivity index (χ1v) is 12.4. The van der Waals surface area contributed by atoms with Crippen molar-refractivity contribution in [3.63, 3.8) is 0 Å². The number of esters is 1. The fourth-order valence-corrected chi connectivity index (χ4v) is 6.58. The second-order valence-corrected chi connectivity index (χ2v) is 10.2. The largest absolute Gasteiger partial charge is 0.432 e. The lowest BCUT2D eigenvalue weighted by Gasteiger charge is -2.45. The Morgan fingerprint density at radius 1 is 0.938 bits per heavy atom. The number of benzene rings is 1. The van der Waals surface area contributed by atoms with Gasteiger partial charge in [-0.3, -0.25) is 4.79 Å². The molecule has 4 atom stereocenters. The van der Waals surface area contributed by atoms with Crippen LogP contribution in [0.2, 0.25) is 0 Å². The van der Waals surface area contributed by atoms with Gasteiger partial charge in [0.05, 0.1) is 5.92 Å². The summed E-state index contributed by atoms with van der Waals surface area (Å²) in [4.78, 5) is 12.6. The molecule has 3 nitrogen and oxygen atoms in total. The third kappa shape index (κ3) is 5.60. The second-order valence-electron chi connectivity index (χ2n) is 10.2. The summed E-state index contributed by atoms with van der Waals surface area (Å²) >= 11 is 0. The van der Waals surface area contributed by atoms with Crippen LogP contribution < -0.4 is 9.47 Å². The Hall–Kier alpha value is -1.72. The van der Waals surface area contributed by atoms with Gasteiger partial charge in [-0.25, -0.2) is 4.39 Å². The summed E-state index contributed by atoms with van der Waals surface area (Å²) in [5.41, 5.74) is 0. The van der Waals surface area contributed by atoms with E-state index in [-0.39, 0.29) is 17.6 Å². The van der Waals surface area contributed by atoms with Gasteiger partial charge < -0.3 is 9.47 Å². The first kappa shape index (κ1) is 23.4. The smallest absolute Gasteiger partial charge is 0.387 e. The lowest BCUT2D eigenvalue weighted by atomic mass is 9.61. The van der Waals surface area contributed by atoms with Crippen LogP contribution >= 0.6 is 0 Å². The first-order valence-electron chi connectivity index (χ1n) is 12.4. The van der Waals surface area contributed by atoms with Crippen molar-refractivity contribution in [3.05, 3.63) is 24.0 Å². The highest BCUT2D eigenvalue weighted by molar-refractivity contribution is 5.75. The minimum Gasteiger partial charge on any atom is -0.432 e. The van der Waals surface area contributed by atoms with Crippen LogP contribution in [0.4, 0.5) is 13.2 Å². The fraction of sp³-hybridized carbons (Fsp3) is 0.731. The number of ether oxygens (including phenoxy) is 2. The molecule has 1 aromatic carbocycles. The van der Waals surface area contributed by atoms with E-state index in [0.29, 0.717) is 5.92 Å². The maximum absolute atomic E-state index is 13.9. The second kappa shape index (κ2) is 10.5. The lowest BCUT2D eigenvalue weighted by Crippen LogP contribution is -2.35. The van der Waals surface area contributed by atoms with Crippen molar-refractivity contribution in [3.8, 4) is 11.5 Å². The van der Waals surface area contributed by atoms with Crippen molar-refractivity contribution in [1.82, 2.24) is 0 Å². The molecule has 4 rings (SSSR count). The molecule has 1 aromatic rings. The molecule has 0 saturated heterocycles. The van der Waals surface area contributed by atoms with Crippen LogP contribution in [0, 0.1) is 41.3 Å². The Kier molecular flexibility index (Phi) is 7.67. The maximum Gasteiger partial charge on any atom is 0.387 e. The number of halogens is 3. The summed E-state index contributed by atoms with van der Waals surface area (Å²) in [6, 6.07) is 3.27. The monoisotopic (exact) mass is 452 g/mol. The molecule has 0 N–H and O–H groups in total. The molecule has 178 valence electrons. The van der Waals surface area contributed by atoms with E-state index in [1.54, 1.807) is 0 Å². The molecule has 32 heavy (non-hydrogen) atoms. The third-order valence-corrected chi connectivity index (χ3v) is 8.45. The minimum absolute atomic E-state index is 0.0252. The Morgan fingerprint density at radius 2 is 1.56 bits per heavy atom. The number of carbonyl (C=O) groups is 1. The Morgan fingerprint density at radius 3 is 2.22 bits per heavy atom. The minimum atomic E-state index is -3.10. The molecule has 3 saturated carbocycles. The van der Waals surface area contributed by atoms with E-state index in [4.69, 9.17) is 4.74 Å². The van der Waals surface area contributed by atoms with Crippen molar-refractivity contribution in [2.24, 2.45) is 35.5 Å². The van der Waals surface area contributed by atoms with Crippen LogP contribution in [0.1, 0.15) is 77.6 Å². The van der Waals surface area contributed by atoms with Gasteiger partial charge in [0, 0.05) is 6.07 Å². The highest BCUT2D eigenvalue weighted by Crippen LogP contribution is 2.49. The zero-order valence-corrected chi connectivity index (χ0v) is 18.9. The van der Waals surface area contributed by atoms with Crippen molar-refractivity contribution < 1.29 is 27.4 Å². The van der Waals surface area contributed by atoms with Gasteiger partial charge >= 0.3 is 12.6 Å². The van der Waals surface area contributed by atoms with E-state index < -0.39 is 18.2 Å². The van der Waals surface area contributed by atoms with Crippen LogP contribution in [-0.4, -0.2) is 12.6 Å². The molecular formula is C26H35F3O3. The average molecular weight is 453 g/mol. The number of fused-ring (bicyclic) bond motifs is 1. The topological polar surface area (TPSA) is 35.5 Å². The molecule has 0 amide bonds. The molecule has 0 aromatic heterocycles. The van der Waals surface area contributed by atoms with Gasteiger partial charge in [-0.1, -0.05) is 19.8 Å². The van der Waals surface area contributed by atoms with Crippen LogP contribution in [0.3, 0.4) is 0 Å². The summed E-state index contributed by atoms with van der Waals surface area (Å²) in [5, 5.41) is 0. The van der Waals surface area contributed by atoms with Crippen molar-refractivity contribution in [2.45, 2.75) is 84.2 Å². The number of carbonyl (C=O) groups excluding carboxylic acids is 1. The predicted molar refractivity (Wildman–Crippen MR) is 116 cm³/mol. The fourth-order valence-electron chi connectivity index (χ4n) is 6.58. The van der Waals surface area contributed by atoms with Gasteiger partial charge in [-0.15, -0.1) is 0 Å². The van der Waals surface area contributed by atoms with Crippen molar-refractivity contribution >= 4 is 5.97 Å². The number of hydrogen-bond acceptors (Lipinski definition) is 3. The van der Waals surface area contributed by atoms with E-state index >= 15 is 0 Å². The molecular weight excluding hydrogens is 417 g/mol. The van der Waals surface area contributed by atoms with Gasteiger partial charge in [0.1, 0.15) is 5.75 Å². The van der Waals surface area contributed by atoms with Crippen LogP contribution in [0.15, 0.2) is 18.2 Å². The van der Waals surface area contributed by atoms with Crippen molar-refractivity contribution in [2.75, 3.05) is 0 Å². The molecule has 0 aliphatic heterocycles. The van der Waals surface area contributed by atoms with Crippen LogP contribution in [0.5, 0.6) is 11.5 Å². The summed E-state index contributed by atoms with van der Waals surface area (Å²) < 4.78 is 47.8. The van der Waals surface area contributed by atoms with E-state index in [9.17, 15) is 18.0 Å². The quantitative estimate of drug-likeness (QED) is 0.334. The maximum atomic E-state index is 13.9. The first-order chi connectivity index (χ1) is 15.4. The molecule has 0 spiro atoms. The van der Waals surface area contributed by atoms with E-state index in [1.807, 2.05) is 0 Å². The van der Waals surface area contributed by atoms with Crippen LogP contribution in [0.25, 0.3) is 0 Å². The van der Waals surface area contributed by atoms with Crippen LogP contribution in [-0.2, 0) is 4.79 Å². The molecule has 0 radical (unpaired) electrons. The van der Waals surface area contributed by atoms with Gasteiger partial charge in [0.2, 0.25) is 0 Å². The summed E-state index contributed by atoms with van der Waals surface area (Å²) in [5.74, 6) is 2.25. The Bertz CT molecular complexity index is 776. The number of alkyl halides is 2. The van der Waals surface area contributed by atoms with E-state index in [2.05, 4.69) is 11.7 Å². The van der Waals surface area contributed by atoms with Gasteiger partial charge in [-0.05, 0) is 99.5 Å². The summed E-state index contributed by atoms with van der Waals surface area (Å²) in [6.45, 7) is -0.775. The molecule has 0 bridgehead atoms. The molecule has 3 aliphatic rings. The molecule has 0 heterocycles. The van der Waals surface area contributed by atoms with Gasteiger partial charge in [-0.2, -0.15) is 8.78 Å². The van der Waals surface area contributed by atoms with Gasteiger partial charge in [0.15, 0.2) is 11.6 Å². The summed E-state index contributed by atoms with van der Waals surface area (Å²) in [7, 11) is 0. The lowest BCUT2D eigenvalue weighted by molar-refractivity contribution is -0.140. The van der Waals surface area contributed by atoms with Crippen molar-refractivity contribution in [1.29, 1.82) is 0 Å². The zero-order chi connectivity index (χ0) is 22.7. The Labute approximate surface area is 189 Å². The number of hydrogen-bond donors (Lipinski definition) is 0. The summed E-state index contributed by atoms with van der Waals surface area (Å²) in [6.07, 6.45) is 13.4. The Balaban J connectivity index is 1.24. The standard InChI is InChI=1S/C26H35F3O3/c1-2-16-3-4-21-14-20(10-9-19(21)13-16)17-5-7-18(8-6-17)25(30)31-22-11-12-24(23(27)15-22)32-26(28)29/h11-12,15-21,26H,2-10,13-14H2,1H3. The van der Waals surface area contributed by atoms with E-state index in [0.717, 1.165) is 61.5 Å². The van der Waals surface area contributed by atoms with Gasteiger partial charge in [0.25, 0.3) is 0 Å². The predicted octanol–water partition coefficient (Wildman–Crippen LogP) is 7.38.